The van der Waals surface area contributed by atoms with E-state index in [0.717, 1.165) is 22.4 Å². The number of fused-ring (bicyclic) bond motifs is 1. The molecule has 27 heavy (non-hydrogen) atoms. The molecule has 0 aliphatic heterocycles. The summed E-state index contributed by atoms with van der Waals surface area (Å²) in [6, 6.07) is 8.06. The number of nitrogens with one attached hydrogen (secondary N) is 2. The van der Waals surface area contributed by atoms with E-state index in [1.165, 1.54) is 12.1 Å². The van der Waals surface area contributed by atoms with Gasteiger partial charge in [0.1, 0.15) is 0 Å². The van der Waals surface area contributed by atoms with Crippen molar-refractivity contribution < 1.29 is 9.72 Å². The maximum atomic E-state index is 12.1. The van der Waals surface area contributed by atoms with Gasteiger partial charge in [-0.15, -0.1) is 0 Å². The van der Waals surface area contributed by atoms with Crippen molar-refractivity contribution in [1.29, 1.82) is 0 Å². The van der Waals surface area contributed by atoms with Gasteiger partial charge in [-0.3, -0.25) is 19.6 Å². The lowest BCUT2D eigenvalue weighted by Gasteiger charge is -2.07. The van der Waals surface area contributed by atoms with Crippen LogP contribution in [-0.2, 0) is 11.8 Å². The molecule has 9 heteroatoms. The second-order valence-corrected chi connectivity index (χ2v) is 6.19. The van der Waals surface area contributed by atoms with Gasteiger partial charge >= 0.3 is 0 Å². The first-order chi connectivity index (χ1) is 12.9. The zero-order chi connectivity index (χ0) is 19.4. The number of hydrogen-bond donors (Lipinski definition) is 2. The molecule has 0 atom stereocenters. The van der Waals surface area contributed by atoms with Crippen molar-refractivity contribution in [1.82, 2.24) is 14.8 Å². The second kappa shape index (κ2) is 7.81. The number of anilines is 2. The molecule has 1 amide bonds. The van der Waals surface area contributed by atoms with E-state index < -0.39 is 4.92 Å². The van der Waals surface area contributed by atoms with Crippen LogP contribution >= 0.6 is 0 Å². The van der Waals surface area contributed by atoms with Crippen LogP contribution in [0.3, 0.4) is 0 Å². The van der Waals surface area contributed by atoms with Crippen molar-refractivity contribution >= 4 is 34.0 Å². The normalized spacial score (nSPS) is 10.7. The Kier molecular flexibility index (Phi) is 5.30. The standard InChI is InChI=1S/C18H20N6O3/c1-12-16-10-14(11-20-18(16)23(2)22-12)21-17(25)4-3-9-19-13-5-7-15(8-6-13)24(26)27/h5-8,10-11,19H,3-4,9H2,1-2H3,(H,21,25). The van der Waals surface area contributed by atoms with Gasteiger partial charge in [-0.25, -0.2) is 4.98 Å². The molecule has 3 aromatic rings. The Balaban J connectivity index is 1.47. The van der Waals surface area contributed by atoms with Crippen molar-refractivity contribution in [3.63, 3.8) is 0 Å². The van der Waals surface area contributed by atoms with Crippen LogP contribution in [0.1, 0.15) is 18.5 Å². The summed E-state index contributed by atoms with van der Waals surface area (Å²) in [6.07, 6.45) is 2.60. The van der Waals surface area contributed by atoms with Crippen molar-refractivity contribution in [3.05, 3.63) is 52.3 Å². The van der Waals surface area contributed by atoms with Gasteiger partial charge < -0.3 is 10.6 Å². The third kappa shape index (κ3) is 4.38. The Morgan fingerprint density at radius 3 is 2.70 bits per heavy atom. The molecule has 0 unspecified atom stereocenters. The molecule has 2 heterocycles. The van der Waals surface area contributed by atoms with Gasteiger partial charge in [0.2, 0.25) is 5.91 Å². The second-order valence-electron chi connectivity index (χ2n) is 6.19. The van der Waals surface area contributed by atoms with Crippen LogP contribution in [-0.4, -0.2) is 32.1 Å². The lowest BCUT2D eigenvalue weighted by Crippen LogP contribution is -2.13. The summed E-state index contributed by atoms with van der Waals surface area (Å²) in [4.78, 5) is 26.6. The predicted octanol–water partition coefficient (Wildman–Crippen LogP) is 3.02. The number of amides is 1. The highest BCUT2D eigenvalue weighted by Crippen LogP contribution is 2.19. The number of carbonyl (C=O) groups excluding carboxylic acids is 1. The zero-order valence-corrected chi connectivity index (χ0v) is 15.1. The van der Waals surface area contributed by atoms with E-state index in [0.29, 0.717) is 25.1 Å². The largest absolute Gasteiger partial charge is 0.385 e. The third-order valence-electron chi connectivity index (χ3n) is 4.13. The predicted molar refractivity (Wildman–Crippen MR) is 103 cm³/mol. The summed E-state index contributed by atoms with van der Waals surface area (Å²) >= 11 is 0. The van der Waals surface area contributed by atoms with Crippen LogP contribution < -0.4 is 10.6 Å². The number of nitrogens with zero attached hydrogens (tertiary/aromatic N) is 4. The number of non-ortho nitro benzene ring substituents is 1. The number of rotatable bonds is 7. The Morgan fingerprint density at radius 2 is 2.00 bits per heavy atom. The number of aromatic nitrogens is 3. The Hall–Kier alpha value is -3.49. The van der Waals surface area contributed by atoms with Crippen LogP contribution in [0.4, 0.5) is 17.1 Å². The van der Waals surface area contributed by atoms with Gasteiger partial charge in [-0.2, -0.15) is 5.10 Å². The quantitative estimate of drug-likeness (QED) is 0.376. The molecule has 0 aliphatic carbocycles. The number of carbonyl (C=O) groups is 1. The molecule has 0 saturated heterocycles. The van der Waals surface area contributed by atoms with Crippen LogP contribution in [0.2, 0.25) is 0 Å². The van der Waals surface area contributed by atoms with E-state index in [4.69, 9.17) is 0 Å². The number of nitro groups is 1. The fourth-order valence-corrected chi connectivity index (χ4v) is 2.78. The van der Waals surface area contributed by atoms with E-state index in [1.807, 2.05) is 20.0 Å². The van der Waals surface area contributed by atoms with Crippen LogP contribution in [0.25, 0.3) is 11.0 Å². The number of aryl methyl sites for hydroxylation is 2. The molecule has 2 aromatic heterocycles. The van der Waals surface area contributed by atoms with Crippen LogP contribution in [0.15, 0.2) is 36.5 Å². The average molecular weight is 368 g/mol. The van der Waals surface area contributed by atoms with Crippen molar-refractivity contribution in [3.8, 4) is 0 Å². The number of pyridine rings is 1. The number of benzene rings is 1. The van der Waals surface area contributed by atoms with Crippen molar-refractivity contribution in [2.24, 2.45) is 7.05 Å². The van der Waals surface area contributed by atoms with Crippen LogP contribution in [0, 0.1) is 17.0 Å². The molecule has 0 spiro atoms. The lowest BCUT2D eigenvalue weighted by molar-refractivity contribution is -0.384. The highest BCUT2D eigenvalue weighted by atomic mass is 16.6. The molecule has 9 nitrogen and oxygen atoms in total. The maximum absolute atomic E-state index is 12.1. The molecule has 0 fully saturated rings. The molecular formula is C18H20N6O3. The molecule has 0 saturated carbocycles. The van der Waals surface area contributed by atoms with Gasteiger partial charge in [0.05, 0.1) is 22.5 Å². The van der Waals surface area contributed by atoms with E-state index in [-0.39, 0.29) is 11.6 Å². The molecule has 0 aliphatic rings. The van der Waals surface area contributed by atoms with Gasteiger partial charge in [-0.1, -0.05) is 0 Å². The molecule has 1 aromatic carbocycles. The summed E-state index contributed by atoms with van der Waals surface area (Å²) in [7, 11) is 1.83. The summed E-state index contributed by atoms with van der Waals surface area (Å²) in [5.74, 6) is -0.0943. The minimum atomic E-state index is -0.437. The third-order valence-corrected chi connectivity index (χ3v) is 4.13. The minimum absolute atomic E-state index is 0.0503. The smallest absolute Gasteiger partial charge is 0.269 e. The fraction of sp³-hybridized carbons (Fsp3) is 0.278. The first kappa shape index (κ1) is 18.3. The molecule has 3 rings (SSSR count). The van der Waals surface area contributed by atoms with Gasteiger partial charge in [-0.05, 0) is 31.5 Å². The zero-order valence-electron chi connectivity index (χ0n) is 15.1. The van der Waals surface area contributed by atoms with Crippen molar-refractivity contribution in [2.75, 3.05) is 17.2 Å². The van der Waals surface area contributed by atoms with E-state index in [1.54, 1.807) is 23.0 Å². The topological polar surface area (TPSA) is 115 Å². The summed E-state index contributed by atoms with van der Waals surface area (Å²) in [6.45, 7) is 2.49. The first-order valence-corrected chi connectivity index (χ1v) is 8.51. The van der Waals surface area contributed by atoms with Gasteiger partial charge in [0.25, 0.3) is 5.69 Å². The SMILES string of the molecule is Cc1nn(C)c2ncc(NC(=O)CCCNc3ccc([N+](=O)[O-])cc3)cc12. The molecular weight excluding hydrogens is 348 g/mol. The molecule has 140 valence electrons. The van der Waals surface area contributed by atoms with E-state index in [9.17, 15) is 14.9 Å². The Labute approximate surface area is 155 Å². The van der Waals surface area contributed by atoms with Gasteiger partial charge in [0, 0.05) is 43.2 Å². The van der Waals surface area contributed by atoms with Crippen molar-refractivity contribution in [2.45, 2.75) is 19.8 Å². The Bertz CT molecular complexity index is 981. The van der Waals surface area contributed by atoms with Gasteiger partial charge in [0.15, 0.2) is 5.65 Å². The summed E-state index contributed by atoms with van der Waals surface area (Å²) in [5.41, 5.74) is 3.12. The molecule has 2 N–H and O–H groups in total. The highest BCUT2D eigenvalue weighted by molar-refractivity contribution is 5.93. The molecule has 0 radical (unpaired) electrons. The lowest BCUT2D eigenvalue weighted by atomic mass is 10.2. The fourth-order valence-electron chi connectivity index (χ4n) is 2.78. The summed E-state index contributed by atoms with van der Waals surface area (Å²) < 4.78 is 1.71. The Morgan fingerprint density at radius 1 is 1.26 bits per heavy atom. The monoisotopic (exact) mass is 368 g/mol. The maximum Gasteiger partial charge on any atom is 0.269 e. The minimum Gasteiger partial charge on any atom is -0.385 e. The van der Waals surface area contributed by atoms with Crippen LogP contribution in [0.5, 0.6) is 0 Å². The van der Waals surface area contributed by atoms with E-state index >= 15 is 0 Å². The average Bonchev–Trinajstić information content (AvgIpc) is 2.93. The summed E-state index contributed by atoms with van der Waals surface area (Å²) in [5, 5.41) is 21.8. The number of hydrogen-bond acceptors (Lipinski definition) is 6. The first-order valence-electron chi connectivity index (χ1n) is 8.51. The highest BCUT2D eigenvalue weighted by Gasteiger charge is 2.09. The number of nitro benzene ring substituents is 1. The molecule has 0 bridgehead atoms. The van der Waals surface area contributed by atoms with E-state index in [2.05, 4.69) is 20.7 Å².